The number of carbonyl (C=O) groups is 2. The first kappa shape index (κ1) is 24.0. The summed E-state index contributed by atoms with van der Waals surface area (Å²) in [5.41, 5.74) is 0.780. The molecule has 8 nitrogen and oxygen atoms in total. The lowest BCUT2D eigenvalue weighted by Crippen LogP contribution is -2.27. The molecule has 0 bridgehead atoms. The highest BCUT2D eigenvalue weighted by atomic mass is 32.2. The Morgan fingerprint density at radius 1 is 1.09 bits per heavy atom. The van der Waals surface area contributed by atoms with Gasteiger partial charge in [-0.2, -0.15) is 0 Å². The van der Waals surface area contributed by atoms with Gasteiger partial charge in [0.25, 0.3) is 15.9 Å². The van der Waals surface area contributed by atoms with Crippen LogP contribution in [-0.4, -0.2) is 39.4 Å². The van der Waals surface area contributed by atoms with Gasteiger partial charge in [-0.3, -0.25) is 9.52 Å². The number of rotatable bonds is 7. The Morgan fingerprint density at radius 3 is 2.45 bits per heavy atom. The van der Waals surface area contributed by atoms with Crippen LogP contribution in [0.3, 0.4) is 0 Å². The fraction of sp³-hybridized carbons (Fsp3) is 0.217. The Hall–Kier alpha value is -3.66. The summed E-state index contributed by atoms with van der Waals surface area (Å²) in [4.78, 5) is 26.0. The van der Waals surface area contributed by atoms with Crippen molar-refractivity contribution < 1.29 is 31.6 Å². The van der Waals surface area contributed by atoms with Crippen molar-refractivity contribution in [2.75, 3.05) is 18.9 Å². The van der Waals surface area contributed by atoms with Crippen molar-refractivity contribution >= 4 is 27.6 Å². The molecule has 3 aromatic rings. The second kappa shape index (κ2) is 9.45. The molecule has 0 atom stereocenters. The maximum absolute atomic E-state index is 13.9. The molecule has 1 amide bonds. The Morgan fingerprint density at radius 2 is 1.79 bits per heavy atom. The van der Waals surface area contributed by atoms with Crippen LogP contribution in [0.5, 0.6) is 0 Å². The van der Waals surface area contributed by atoms with E-state index in [2.05, 4.69) is 4.72 Å². The van der Waals surface area contributed by atoms with E-state index in [1.807, 2.05) is 0 Å². The van der Waals surface area contributed by atoms with Gasteiger partial charge in [0.1, 0.15) is 22.9 Å². The van der Waals surface area contributed by atoms with Crippen molar-refractivity contribution in [2.45, 2.75) is 25.3 Å². The molecule has 0 unspecified atom stereocenters. The zero-order valence-electron chi connectivity index (χ0n) is 18.5. The van der Waals surface area contributed by atoms with Gasteiger partial charge in [0.2, 0.25) is 0 Å². The number of nitrogens with one attached hydrogen (secondary N) is 1. The molecule has 0 radical (unpaired) electrons. The van der Waals surface area contributed by atoms with Gasteiger partial charge in [-0.1, -0.05) is 18.2 Å². The number of para-hydroxylation sites is 1. The number of furan rings is 1. The topological polar surface area (TPSA) is 106 Å². The molecule has 1 heterocycles. The minimum atomic E-state index is -4.14. The van der Waals surface area contributed by atoms with E-state index < -0.39 is 27.7 Å². The average molecular weight is 475 g/mol. The third-order valence-electron chi connectivity index (χ3n) is 4.98. The van der Waals surface area contributed by atoms with E-state index in [9.17, 15) is 22.4 Å². The highest BCUT2D eigenvalue weighted by molar-refractivity contribution is 7.92. The molecule has 1 aromatic heterocycles. The van der Waals surface area contributed by atoms with E-state index >= 15 is 0 Å². The lowest BCUT2D eigenvalue weighted by Gasteiger charge is -2.18. The van der Waals surface area contributed by atoms with Crippen molar-refractivity contribution in [3.63, 3.8) is 0 Å². The van der Waals surface area contributed by atoms with Gasteiger partial charge in [0.15, 0.2) is 0 Å². The predicted molar refractivity (Wildman–Crippen MR) is 119 cm³/mol. The molecule has 0 aliphatic heterocycles. The van der Waals surface area contributed by atoms with Crippen molar-refractivity contribution in [1.82, 2.24) is 4.90 Å². The van der Waals surface area contributed by atoms with E-state index in [-0.39, 0.29) is 28.3 Å². The molecule has 33 heavy (non-hydrogen) atoms. The van der Waals surface area contributed by atoms with Crippen LogP contribution in [0.25, 0.3) is 0 Å². The largest absolute Gasteiger partial charge is 0.465 e. The third-order valence-corrected chi connectivity index (χ3v) is 6.34. The smallest absolute Gasteiger partial charge is 0.341 e. The van der Waals surface area contributed by atoms with Gasteiger partial charge in [0.05, 0.1) is 24.2 Å². The van der Waals surface area contributed by atoms with E-state index in [1.165, 1.54) is 61.5 Å². The number of aryl methyl sites for hydroxylation is 2. The maximum atomic E-state index is 13.9. The number of hydrogen-bond acceptors (Lipinski definition) is 6. The number of methoxy groups -OCH3 is 1. The molecule has 10 heteroatoms. The van der Waals surface area contributed by atoms with Crippen LogP contribution in [0.1, 0.15) is 37.8 Å². The Labute approximate surface area is 191 Å². The molecular formula is C23H23FN2O6S. The summed E-state index contributed by atoms with van der Waals surface area (Å²) in [7, 11) is -1.36. The van der Waals surface area contributed by atoms with Crippen LogP contribution in [-0.2, 0) is 21.3 Å². The van der Waals surface area contributed by atoms with E-state index in [0.717, 1.165) is 6.07 Å². The van der Waals surface area contributed by atoms with Crippen LogP contribution in [0.4, 0.5) is 10.1 Å². The number of nitrogens with zero attached hydrogens (tertiary/aromatic N) is 1. The lowest BCUT2D eigenvalue weighted by molar-refractivity contribution is 0.0598. The molecule has 0 fully saturated rings. The van der Waals surface area contributed by atoms with Crippen LogP contribution in [0.2, 0.25) is 0 Å². The van der Waals surface area contributed by atoms with E-state index in [0.29, 0.717) is 17.1 Å². The number of esters is 1. The third kappa shape index (κ3) is 5.23. The summed E-state index contributed by atoms with van der Waals surface area (Å²) in [5, 5.41) is 0. The summed E-state index contributed by atoms with van der Waals surface area (Å²) in [5.74, 6) is -0.992. The first-order chi connectivity index (χ1) is 15.5. The normalized spacial score (nSPS) is 11.2. The molecule has 3 rings (SSSR count). The molecule has 174 valence electrons. The number of sulfonamides is 1. The number of hydrogen-bond donors (Lipinski definition) is 1. The number of anilines is 1. The SMILES string of the molecule is COC(=O)c1cc(CN(C)C(=O)c2cc(S(=O)(=O)Nc3ccccc3F)ccc2C)oc1C. The Bertz CT molecular complexity index is 1320. The zero-order valence-corrected chi connectivity index (χ0v) is 19.3. The van der Waals surface area contributed by atoms with Gasteiger partial charge in [-0.05, 0) is 49.7 Å². The van der Waals surface area contributed by atoms with Gasteiger partial charge < -0.3 is 14.1 Å². The van der Waals surface area contributed by atoms with Gasteiger partial charge in [0, 0.05) is 12.6 Å². The average Bonchev–Trinajstić information content (AvgIpc) is 3.14. The van der Waals surface area contributed by atoms with Crippen LogP contribution >= 0.6 is 0 Å². The van der Waals surface area contributed by atoms with Crippen molar-refractivity contribution in [3.8, 4) is 0 Å². The number of ether oxygens (including phenoxy) is 1. The van der Waals surface area contributed by atoms with E-state index in [4.69, 9.17) is 9.15 Å². The molecule has 0 saturated heterocycles. The van der Waals surface area contributed by atoms with Gasteiger partial charge >= 0.3 is 5.97 Å². The first-order valence-electron chi connectivity index (χ1n) is 9.84. The molecule has 2 aromatic carbocycles. The fourth-order valence-corrected chi connectivity index (χ4v) is 4.28. The monoisotopic (exact) mass is 474 g/mol. The summed E-state index contributed by atoms with van der Waals surface area (Å²) in [6.07, 6.45) is 0. The summed E-state index contributed by atoms with van der Waals surface area (Å²) in [6, 6.07) is 11.0. The molecule has 1 N–H and O–H groups in total. The Kier molecular flexibility index (Phi) is 6.87. The maximum Gasteiger partial charge on any atom is 0.341 e. The number of halogens is 1. The molecule has 0 spiro atoms. The van der Waals surface area contributed by atoms with Gasteiger partial charge in [-0.25, -0.2) is 17.6 Å². The minimum Gasteiger partial charge on any atom is -0.465 e. The van der Waals surface area contributed by atoms with Crippen molar-refractivity contribution in [3.05, 3.63) is 82.6 Å². The van der Waals surface area contributed by atoms with Gasteiger partial charge in [-0.15, -0.1) is 0 Å². The molecular weight excluding hydrogens is 451 g/mol. The Balaban J connectivity index is 1.84. The van der Waals surface area contributed by atoms with Crippen LogP contribution < -0.4 is 4.72 Å². The predicted octanol–water partition coefficient (Wildman–Crippen LogP) is 3.90. The standard InChI is InChI=1S/C23H23FN2O6S/c1-14-9-10-17(33(29,30)25-21-8-6-5-7-20(21)24)12-18(14)22(27)26(3)13-16-11-19(15(2)32-16)23(28)31-4/h5-12,25H,13H2,1-4H3. The zero-order chi connectivity index (χ0) is 24.3. The summed E-state index contributed by atoms with van der Waals surface area (Å²) in [6.45, 7) is 3.33. The highest BCUT2D eigenvalue weighted by Gasteiger charge is 2.23. The number of carbonyl (C=O) groups excluding carboxylic acids is 2. The van der Waals surface area contributed by atoms with Crippen LogP contribution in [0, 0.1) is 19.7 Å². The first-order valence-corrected chi connectivity index (χ1v) is 11.3. The minimum absolute atomic E-state index is 0.0422. The number of amides is 1. The van der Waals surface area contributed by atoms with Crippen molar-refractivity contribution in [2.24, 2.45) is 0 Å². The summed E-state index contributed by atoms with van der Waals surface area (Å²) >= 11 is 0. The highest BCUT2D eigenvalue weighted by Crippen LogP contribution is 2.23. The summed E-state index contributed by atoms with van der Waals surface area (Å²) < 4.78 is 51.9. The molecule has 0 saturated carbocycles. The molecule has 0 aliphatic carbocycles. The van der Waals surface area contributed by atoms with Crippen LogP contribution in [0.15, 0.2) is 57.8 Å². The fourth-order valence-electron chi connectivity index (χ4n) is 3.19. The quantitative estimate of drug-likeness (QED) is 0.521. The second-order valence-electron chi connectivity index (χ2n) is 7.40. The lowest BCUT2D eigenvalue weighted by atomic mass is 10.1. The second-order valence-corrected chi connectivity index (χ2v) is 9.08. The van der Waals surface area contributed by atoms with E-state index in [1.54, 1.807) is 13.8 Å². The van der Waals surface area contributed by atoms with Crippen molar-refractivity contribution in [1.29, 1.82) is 0 Å². The molecule has 0 aliphatic rings. The number of benzene rings is 2.